The summed E-state index contributed by atoms with van der Waals surface area (Å²) in [5.74, 6) is -0.175. The van der Waals surface area contributed by atoms with E-state index in [0.29, 0.717) is 17.8 Å². The smallest absolute Gasteiger partial charge is 0.316 e. The van der Waals surface area contributed by atoms with Crippen molar-refractivity contribution in [2.24, 2.45) is 5.73 Å². The van der Waals surface area contributed by atoms with Crippen molar-refractivity contribution >= 4 is 28.5 Å². The number of pyridine rings is 1. The van der Waals surface area contributed by atoms with E-state index in [1.54, 1.807) is 12.1 Å². The molecule has 4 N–H and O–H groups in total. The molecular formula is C25H22N4O2. The van der Waals surface area contributed by atoms with Gasteiger partial charge in [0.1, 0.15) is 0 Å². The first-order valence-electron chi connectivity index (χ1n) is 9.90. The Labute approximate surface area is 180 Å². The summed E-state index contributed by atoms with van der Waals surface area (Å²) in [4.78, 5) is 28.7. The summed E-state index contributed by atoms with van der Waals surface area (Å²) < 4.78 is 0. The molecule has 0 fully saturated rings. The Morgan fingerprint density at radius 3 is 2.35 bits per heavy atom. The minimum Gasteiger partial charge on any atom is -0.351 e. The second kappa shape index (κ2) is 8.67. The number of fused-ring (bicyclic) bond motifs is 1. The molecule has 0 radical (unpaired) electrons. The van der Waals surface area contributed by atoms with Gasteiger partial charge < -0.3 is 16.4 Å². The summed E-state index contributed by atoms with van der Waals surface area (Å²) in [6.07, 6.45) is 0. The lowest BCUT2D eigenvalue weighted by Gasteiger charge is -2.11. The number of nitrogens with zero attached hydrogens (tertiary/aromatic N) is 1. The van der Waals surface area contributed by atoms with Crippen molar-refractivity contribution in [1.82, 2.24) is 10.3 Å². The summed E-state index contributed by atoms with van der Waals surface area (Å²) in [5, 5.41) is 6.29. The molecule has 6 heteroatoms. The number of rotatable bonds is 5. The zero-order chi connectivity index (χ0) is 21.8. The SMILES string of the molecule is Cc1ccc(-c2cc(C(=O)NCc3ccc(NC(N)=O)cc3)c3ccccc3n2)cc1. The maximum absolute atomic E-state index is 13.1. The minimum atomic E-state index is -0.616. The molecule has 1 heterocycles. The molecule has 3 aromatic carbocycles. The van der Waals surface area contributed by atoms with Crippen molar-refractivity contribution in [2.75, 3.05) is 5.32 Å². The molecule has 0 saturated heterocycles. The Kier molecular flexibility index (Phi) is 5.62. The molecule has 0 bridgehead atoms. The van der Waals surface area contributed by atoms with Gasteiger partial charge in [0.25, 0.3) is 5.91 Å². The summed E-state index contributed by atoms with van der Waals surface area (Å²) in [6, 6.07) is 24.1. The average molecular weight is 410 g/mol. The number of nitrogens with one attached hydrogen (secondary N) is 2. The zero-order valence-electron chi connectivity index (χ0n) is 17.1. The average Bonchev–Trinajstić information content (AvgIpc) is 2.78. The maximum atomic E-state index is 13.1. The molecule has 0 atom stereocenters. The first kappa shape index (κ1) is 20.1. The van der Waals surface area contributed by atoms with Gasteiger partial charge in [-0.2, -0.15) is 0 Å². The van der Waals surface area contributed by atoms with E-state index in [-0.39, 0.29) is 5.91 Å². The topological polar surface area (TPSA) is 97.1 Å². The van der Waals surface area contributed by atoms with Gasteiger partial charge in [0.15, 0.2) is 0 Å². The third kappa shape index (κ3) is 4.70. The summed E-state index contributed by atoms with van der Waals surface area (Å²) in [7, 11) is 0. The Balaban J connectivity index is 1.59. The van der Waals surface area contributed by atoms with Gasteiger partial charge in [-0.05, 0) is 36.8 Å². The molecule has 3 amide bonds. The lowest BCUT2D eigenvalue weighted by molar-refractivity contribution is 0.0952. The number of anilines is 1. The lowest BCUT2D eigenvalue weighted by atomic mass is 10.0. The highest BCUT2D eigenvalue weighted by molar-refractivity contribution is 6.07. The molecule has 0 spiro atoms. The number of nitrogens with two attached hydrogens (primary N) is 1. The number of primary amides is 1. The lowest BCUT2D eigenvalue weighted by Crippen LogP contribution is -2.23. The molecule has 0 unspecified atom stereocenters. The molecule has 0 aliphatic heterocycles. The van der Waals surface area contributed by atoms with Crippen molar-refractivity contribution in [3.63, 3.8) is 0 Å². The quantitative estimate of drug-likeness (QED) is 0.447. The van der Waals surface area contributed by atoms with E-state index >= 15 is 0 Å². The standard InChI is InChI=1S/C25H22N4O2/c1-16-6-10-18(11-7-16)23-14-21(20-4-2-3-5-22(20)29-23)24(30)27-15-17-8-12-19(13-9-17)28-25(26)31/h2-14H,15H2,1H3,(H,27,30)(H3,26,28,31). The molecule has 0 aliphatic rings. The summed E-state index contributed by atoms with van der Waals surface area (Å²) in [5.41, 5.74) is 10.9. The van der Waals surface area contributed by atoms with Crippen LogP contribution >= 0.6 is 0 Å². The molecule has 0 saturated carbocycles. The predicted octanol–water partition coefficient (Wildman–Crippen LogP) is 4.63. The predicted molar refractivity (Wildman–Crippen MR) is 123 cm³/mol. The molecule has 6 nitrogen and oxygen atoms in total. The van der Waals surface area contributed by atoms with Gasteiger partial charge in [-0.1, -0.05) is 60.2 Å². The van der Waals surface area contributed by atoms with E-state index in [0.717, 1.165) is 27.7 Å². The minimum absolute atomic E-state index is 0.175. The molecule has 0 aliphatic carbocycles. The largest absolute Gasteiger partial charge is 0.351 e. The van der Waals surface area contributed by atoms with E-state index in [1.165, 1.54) is 5.56 Å². The van der Waals surface area contributed by atoms with Crippen LogP contribution < -0.4 is 16.4 Å². The van der Waals surface area contributed by atoms with E-state index < -0.39 is 6.03 Å². The van der Waals surface area contributed by atoms with Gasteiger partial charge in [-0.25, -0.2) is 9.78 Å². The van der Waals surface area contributed by atoms with E-state index in [9.17, 15) is 9.59 Å². The van der Waals surface area contributed by atoms with Gasteiger partial charge in [0.2, 0.25) is 0 Å². The van der Waals surface area contributed by atoms with E-state index in [4.69, 9.17) is 10.7 Å². The van der Waals surface area contributed by atoms with Crippen LogP contribution in [0.3, 0.4) is 0 Å². The van der Waals surface area contributed by atoms with Gasteiger partial charge >= 0.3 is 6.03 Å². The van der Waals surface area contributed by atoms with Crippen molar-refractivity contribution in [3.8, 4) is 11.3 Å². The number of carbonyl (C=O) groups is 2. The van der Waals surface area contributed by atoms with Gasteiger partial charge in [0.05, 0.1) is 16.8 Å². The highest BCUT2D eigenvalue weighted by Crippen LogP contribution is 2.25. The van der Waals surface area contributed by atoms with E-state index in [1.807, 2.05) is 73.7 Å². The number of para-hydroxylation sites is 1. The number of hydrogen-bond acceptors (Lipinski definition) is 3. The van der Waals surface area contributed by atoms with Crippen molar-refractivity contribution < 1.29 is 9.59 Å². The highest BCUT2D eigenvalue weighted by atomic mass is 16.2. The van der Waals surface area contributed by atoms with Crippen LogP contribution in [-0.2, 0) is 6.54 Å². The van der Waals surface area contributed by atoms with Crippen LogP contribution in [0.4, 0.5) is 10.5 Å². The Bertz CT molecular complexity index is 1250. The third-order valence-electron chi connectivity index (χ3n) is 4.98. The van der Waals surface area contributed by atoms with Crippen LogP contribution in [0, 0.1) is 6.92 Å². The van der Waals surface area contributed by atoms with E-state index in [2.05, 4.69) is 10.6 Å². The maximum Gasteiger partial charge on any atom is 0.316 e. The Morgan fingerprint density at radius 1 is 0.935 bits per heavy atom. The second-order valence-electron chi connectivity index (χ2n) is 7.31. The van der Waals surface area contributed by atoms with Crippen LogP contribution in [0.15, 0.2) is 78.9 Å². The van der Waals surface area contributed by atoms with Crippen molar-refractivity contribution in [3.05, 3.63) is 95.6 Å². The molecule has 154 valence electrons. The number of amides is 3. The van der Waals surface area contributed by atoms with Gasteiger partial charge in [-0.3, -0.25) is 4.79 Å². The highest BCUT2D eigenvalue weighted by Gasteiger charge is 2.14. The Morgan fingerprint density at radius 2 is 1.65 bits per heavy atom. The van der Waals surface area contributed by atoms with Crippen molar-refractivity contribution in [2.45, 2.75) is 13.5 Å². The van der Waals surface area contributed by atoms with Gasteiger partial charge in [-0.15, -0.1) is 0 Å². The van der Waals surface area contributed by atoms with Gasteiger partial charge in [0, 0.05) is 23.2 Å². The molecule has 1 aromatic heterocycles. The summed E-state index contributed by atoms with van der Waals surface area (Å²) in [6.45, 7) is 2.39. The normalized spacial score (nSPS) is 10.6. The fourth-order valence-electron chi connectivity index (χ4n) is 3.36. The number of aromatic nitrogens is 1. The monoisotopic (exact) mass is 410 g/mol. The molecular weight excluding hydrogens is 388 g/mol. The third-order valence-corrected chi connectivity index (χ3v) is 4.98. The fraction of sp³-hybridized carbons (Fsp3) is 0.0800. The first-order valence-corrected chi connectivity index (χ1v) is 9.90. The van der Waals surface area contributed by atoms with Crippen LogP contribution in [0.25, 0.3) is 22.2 Å². The first-order chi connectivity index (χ1) is 15.0. The number of benzene rings is 3. The number of carbonyl (C=O) groups excluding carboxylic acids is 2. The molecule has 4 aromatic rings. The van der Waals surface area contributed by atoms with Crippen LogP contribution in [0.5, 0.6) is 0 Å². The molecule has 4 rings (SSSR count). The second-order valence-corrected chi connectivity index (χ2v) is 7.31. The summed E-state index contributed by atoms with van der Waals surface area (Å²) >= 11 is 0. The Hall–Kier alpha value is -4.19. The number of urea groups is 1. The van der Waals surface area contributed by atoms with Crippen LogP contribution in [0.2, 0.25) is 0 Å². The number of aryl methyl sites for hydroxylation is 1. The van der Waals surface area contributed by atoms with Crippen LogP contribution in [0.1, 0.15) is 21.5 Å². The number of hydrogen-bond donors (Lipinski definition) is 3. The zero-order valence-corrected chi connectivity index (χ0v) is 17.1. The van der Waals surface area contributed by atoms with Crippen LogP contribution in [-0.4, -0.2) is 16.9 Å². The fourth-order valence-corrected chi connectivity index (χ4v) is 3.36. The van der Waals surface area contributed by atoms with Crippen molar-refractivity contribution in [1.29, 1.82) is 0 Å². The molecule has 31 heavy (non-hydrogen) atoms.